The van der Waals surface area contributed by atoms with E-state index in [-0.39, 0.29) is 23.7 Å². The van der Waals surface area contributed by atoms with Crippen molar-refractivity contribution < 1.29 is 14.3 Å². The van der Waals surface area contributed by atoms with Crippen molar-refractivity contribution in [3.8, 4) is 0 Å². The highest BCUT2D eigenvalue weighted by Crippen LogP contribution is 2.27. The van der Waals surface area contributed by atoms with Gasteiger partial charge in [0.1, 0.15) is 5.82 Å². The van der Waals surface area contributed by atoms with E-state index in [2.05, 4.69) is 20.7 Å². The van der Waals surface area contributed by atoms with Crippen molar-refractivity contribution in [2.75, 3.05) is 31.6 Å². The summed E-state index contributed by atoms with van der Waals surface area (Å²) in [5, 5.41) is 9.58. The summed E-state index contributed by atoms with van der Waals surface area (Å²) in [4.78, 5) is 27.1. The standard InChI is InChI=1S/C20H26N4O3S/c1-14(25)18-10-15(13-28-18)11-23-7-3-17(4-8-23)24-19(2-6-21-24)22-20(26)16-5-9-27-12-16/h2,6,10,13,16-17H,3-5,7-9,11-12H2,1H3,(H,22,26)/t16-/m0/s1. The minimum absolute atomic E-state index is 0.0235. The molecule has 2 aliphatic rings. The molecular weight excluding hydrogens is 376 g/mol. The molecule has 0 radical (unpaired) electrons. The molecular formula is C20H26N4O3S. The lowest BCUT2D eigenvalue weighted by Gasteiger charge is -2.32. The Bertz CT molecular complexity index is 832. The molecule has 1 N–H and O–H groups in total. The van der Waals surface area contributed by atoms with Crippen LogP contribution in [0.5, 0.6) is 0 Å². The number of ketones is 1. The molecule has 4 heterocycles. The Morgan fingerprint density at radius 1 is 1.32 bits per heavy atom. The Balaban J connectivity index is 1.32. The van der Waals surface area contributed by atoms with Crippen LogP contribution in [0.2, 0.25) is 0 Å². The number of hydrogen-bond donors (Lipinski definition) is 1. The number of ether oxygens (including phenoxy) is 1. The number of piperidine rings is 1. The molecule has 150 valence electrons. The Labute approximate surface area is 168 Å². The summed E-state index contributed by atoms with van der Waals surface area (Å²) in [6.07, 6.45) is 4.51. The molecule has 0 spiro atoms. The number of Topliss-reactive ketones (excluding diaryl/α,β-unsaturated/α-hetero) is 1. The minimum atomic E-state index is -0.0595. The lowest BCUT2D eigenvalue weighted by atomic mass is 10.0. The van der Waals surface area contributed by atoms with Crippen molar-refractivity contribution >= 4 is 28.8 Å². The van der Waals surface area contributed by atoms with Gasteiger partial charge in [-0.3, -0.25) is 14.5 Å². The highest BCUT2D eigenvalue weighted by molar-refractivity contribution is 7.12. The maximum Gasteiger partial charge on any atom is 0.231 e. The number of hydrogen-bond acceptors (Lipinski definition) is 6. The van der Waals surface area contributed by atoms with Crippen LogP contribution in [0.25, 0.3) is 0 Å². The molecule has 8 heteroatoms. The van der Waals surface area contributed by atoms with Crippen molar-refractivity contribution in [2.45, 2.75) is 38.8 Å². The molecule has 2 saturated heterocycles. The summed E-state index contributed by atoms with van der Waals surface area (Å²) in [5.41, 5.74) is 1.21. The fraction of sp³-hybridized carbons (Fsp3) is 0.550. The van der Waals surface area contributed by atoms with Crippen molar-refractivity contribution in [1.82, 2.24) is 14.7 Å². The van der Waals surface area contributed by atoms with Crippen LogP contribution in [-0.4, -0.2) is 52.7 Å². The van der Waals surface area contributed by atoms with E-state index in [1.807, 2.05) is 16.8 Å². The molecule has 0 unspecified atom stereocenters. The number of aromatic nitrogens is 2. The number of nitrogens with one attached hydrogen (secondary N) is 1. The molecule has 0 aliphatic carbocycles. The second-order valence-electron chi connectivity index (χ2n) is 7.59. The lowest BCUT2D eigenvalue weighted by Crippen LogP contribution is -2.35. The predicted molar refractivity (Wildman–Crippen MR) is 108 cm³/mol. The number of anilines is 1. The first-order valence-electron chi connectivity index (χ1n) is 9.83. The number of carbonyl (C=O) groups excluding carboxylic acids is 2. The summed E-state index contributed by atoms with van der Waals surface area (Å²) in [6, 6.07) is 4.17. The summed E-state index contributed by atoms with van der Waals surface area (Å²) in [5.74, 6) is 0.873. The van der Waals surface area contributed by atoms with Crippen LogP contribution in [0.15, 0.2) is 23.7 Å². The molecule has 0 aromatic carbocycles. The van der Waals surface area contributed by atoms with Gasteiger partial charge in [0.15, 0.2) is 5.78 Å². The average Bonchev–Trinajstić information content (AvgIpc) is 3.44. The molecule has 2 aromatic rings. The number of likely N-dealkylation sites (tertiary alicyclic amines) is 1. The van der Waals surface area contributed by atoms with Gasteiger partial charge in [-0.2, -0.15) is 5.10 Å². The van der Waals surface area contributed by atoms with E-state index in [0.717, 1.165) is 49.6 Å². The molecule has 2 aromatic heterocycles. The smallest absolute Gasteiger partial charge is 0.231 e. The maximum atomic E-state index is 12.4. The van der Waals surface area contributed by atoms with E-state index in [1.165, 1.54) is 16.9 Å². The molecule has 1 amide bonds. The van der Waals surface area contributed by atoms with Crippen LogP contribution in [0.4, 0.5) is 5.82 Å². The zero-order valence-electron chi connectivity index (χ0n) is 16.1. The largest absolute Gasteiger partial charge is 0.381 e. The van der Waals surface area contributed by atoms with E-state index >= 15 is 0 Å². The Morgan fingerprint density at radius 3 is 2.82 bits per heavy atom. The van der Waals surface area contributed by atoms with Crippen molar-refractivity contribution in [3.05, 3.63) is 34.2 Å². The molecule has 2 fully saturated rings. The topological polar surface area (TPSA) is 76.5 Å². The highest BCUT2D eigenvalue weighted by atomic mass is 32.1. The van der Waals surface area contributed by atoms with Gasteiger partial charge in [-0.15, -0.1) is 11.3 Å². The van der Waals surface area contributed by atoms with Gasteiger partial charge in [0, 0.05) is 32.3 Å². The maximum absolute atomic E-state index is 12.4. The minimum Gasteiger partial charge on any atom is -0.381 e. The van der Waals surface area contributed by atoms with Gasteiger partial charge in [0.05, 0.1) is 29.6 Å². The SMILES string of the molecule is CC(=O)c1cc(CN2CCC(n3nccc3NC(=O)[C@H]3CCOC3)CC2)cs1. The van der Waals surface area contributed by atoms with Crippen molar-refractivity contribution in [1.29, 1.82) is 0 Å². The third-order valence-electron chi connectivity index (χ3n) is 5.53. The van der Waals surface area contributed by atoms with E-state index in [1.54, 1.807) is 13.1 Å². The first-order valence-corrected chi connectivity index (χ1v) is 10.7. The van der Waals surface area contributed by atoms with E-state index < -0.39 is 0 Å². The summed E-state index contributed by atoms with van der Waals surface area (Å²) in [7, 11) is 0. The highest BCUT2D eigenvalue weighted by Gasteiger charge is 2.27. The molecule has 28 heavy (non-hydrogen) atoms. The van der Waals surface area contributed by atoms with E-state index in [4.69, 9.17) is 4.74 Å². The van der Waals surface area contributed by atoms with Gasteiger partial charge >= 0.3 is 0 Å². The first kappa shape index (κ1) is 19.3. The van der Waals surface area contributed by atoms with Gasteiger partial charge in [-0.05, 0) is 43.2 Å². The fourth-order valence-corrected chi connectivity index (χ4v) is 4.70. The Hall–Kier alpha value is -2.03. The van der Waals surface area contributed by atoms with Crippen LogP contribution in [0.1, 0.15) is 47.5 Å². The molecule has 0 bridgehead atoms. The number of nitrogens with zero attached hydrogens (tertiary/aromatic N) is 3. The van der Waals surface area contributed by atoms with Gasteiger partial charge in [-0.25, -0.2) is 4.68 Å². The number of rotatable bonds is 6. The molecule has 4 rings (SSSR count). The third-order valence-corrected chi connectivity index (χ3v) is 6.61. The second-order valence-corrected chi connectivity index (χ2v) is 8.50. The van der Waals surface area contributed by atoms with Gasteiger partial charge in [0.25, 0.3) is 0 Å². The molecule has 0 saturated carbocycles. The fourth-order valence-electron chi connectivity index (χ4n) is 3.90. The van der Waals surface area contributed by atoms with Crippen molar-refractivity contribution in [2.24, 2.45) is 5.92 Å². The predicted octanol–water partition coefficient (Wildman–Crippen LogP) is 2.96. The second kappa shape index (κ2) is 8.55. The van der Waals surface area contributed by atoms with Gasteiger partial charge < -0.3 is 10.1 Å². The summed E-state index contributed by atoms with van der Waals surface area (Å²) >= 11 is 1.52. The van der Waals surface area contributed by atoms with Gasteiger partial charge in [0.2, 0.25) is 5.91 Å². The number of carbonyl (C=O) groups is 2. The van der Waals surface area contributed by atoms with Crippen LogP contribution in [0.3, 0.4) is 0 Å². The van der Waals surface area contributed by atoms with Crippen LogP contribution in [0, 0.1) is 5.92 Å². The van der Waals surface area contributed by atoms with Crippen molar-refractivity contribution in [3.63, 3.8) is 0 Å². The summed E-state index contributed by atoms with van der Waals surface area (Å²) in [6.45, 7) is 5.60. The Kier molecular flexibility index (Phi) is 5.89. The zero-order chi connectivity index (χ0) is 19.5. The quantitative estimate of drug-likeness (QED) is 0.752. The van der Waals surface area contributed by atoms with Crippen LogP contribution >= 0.6 is 11.3 Å². The van der Waals surface area contributed by atoms with Crippen LogP contribution < -0.4 is 5.32 Å². The number of thiophene rings is 1. The summed E-state index contributed by atoms with van der Waals surface area (Å²) < 4.78 is 7.27. The molecule has 2 aliphatic heterocycles. The van der Waals surface area contributed by atoms with Crippen LogP contribution in [-0.2, 0) is 16.1 Å². The Morgan fingerprint density at radius 2 is 2.14 bits per heavy atom. The average molecular weight is 403 g/mol. The first-order chi connectivity index (χ1) is 13.6. The lowest BCUT2D eigenvalue weighted by molar-refractivity contribution is -0.119. The normalized spacial score (nSPS) is 21.1. The molecule has 1 atom stereocenters. The zero-order valence-corrected chi connectivity index (χ0v) is 16.9. The molecule has 7 nitrogen and oxygen atoms in total. The number of amides is 1. The monoisotopic (exact) mass is 402 g/mol. The van der Waals surface area contributed by atoms with E-state index in [9.17, 15) is 9.59 Å². The van der Waals surface area contributed by atoms with E-state index in [0.29, 0.717) is 13.2 Å². The van der Waals surface area contributed by atoms with Gasteiger partial charge in [-0.1, -0.05) is 0 Å². The third kappa shape index (κ3) is 4.34.